The summed E-state index contributed by atoms with van der Waals surface area (Å²) in [5.41, 5.74) is -0.733. The topological polar surface area (TPSA) is 0 Å². The van der Waals surface area contributed by atoms with Gasteiger partial charge in [-0.15, -0.1) is 0 Å². The maximum atomic E-state index is 12.8. The molecule has 0 aliphatic carbocycles. The van der Waals surface area contributed by atoms with Crippen LogP contribution in [0, 0.1) is 5.82 Å². The molecule has 5 heteroatoms. The predicted molar refractivity (Wildman–Crippen MR) is 44.3 cm³/mol. The normalized spacial score (nSPS) is 9.92. The summed E-state index contributed by atoms with van der Waals surface area (Å²) >= 11 is 2.92. The van der Waals surface area contributed by atoms with Crippen molar-refractivity contribution in [3.8, 4) is 0 Å². The second-order valence-electron chi connectivity index (χ2n) is 2.20. The van der Waals surface area contributed by atoms with E-state index in [9.17, 15) is 17.6 Å². The quantitative estimate of drug-likeness (QED) is 0.662. The van der Waals surface area contributed by atoms with Gasteiger partial charge in [0.25, 0.3) is 0 Å². The lowest BCUT2D eigenvalue weighted by molar-refractivity contribution is 0.409. The molecule has 70 valence electrons. The Bertz CT molecular complexity index is 355. The summed E-state index contributed by atoms with van der Waals surface area (Å²) in [5.74, 6) is -2.86. The minimum atomic E-state index is -2.53. The largest absolute Gasteiger partial charge is 0.306 e. The summed E-state index contributed by atoms with van der Waals surface area (Å²) in [6, 6.07) is 3.13. The molecule has 0 atom stereocenters. The van der Waals surface area contributed by atoms with Crippen LogP contribution in [0.3, 0.4) is 0 Å². The molecule has 13 heavy (non-hydrogen) atoms. The summed E-state index contributed by atoms with van der Waals surface area (Å²) in [7, 11) is 0. The zero-order chi connectivity index (χ0) is 10.0. The van der Waals surface area contributed by atoms with Crippen molar-refractivity contribution in [1.29, 1.82) is 0 Å². The first kappa shape index (κ1) is 10.2. The fourth-order valence-corrected chi connectivity index (χ4v) is 1.10. The highest BCUT2D eigenvalue weighted by Gasteiger charge is 2.13. The highest BCUT2D eigenvalue weighted by atomic mass is 79.9. The lowest BCUT2D eigenvalue weighted by Gasteiger charge is -1.99. The summed E-state index contributed by atoms with van der Waals surface area (Å²) in [6.07, 6.45) is -2.53. The van der Waals surface area contributed by atoms with E-state index in [1.54, 1.807) is 0 Å². The van der Waals surface area contributed by atoms with E-state index in [0.717, 1.165) is 12.1 Å². The van der Waals surface area contributed by atoms with Gasteiger partial charge in [-0.1, -0.05) is 15.9 Å². The number of hydrogen-bond acceptors (Lipinski definition) is 0. The standard InChI is InChI=1S/C8H3BrF4/c9-4-1-2-5(6(10)3-4)7(11)8(12)13/h1-3H. The molecule has 0 aromatic heterocycles. The van der Waals surface area contributed by atoms with Gasteiger partial charge in [0.2, 0.25) is 0 Å². The molecule has 0 heterocycles. The van der Waals surface area contributed by atoms with Crippen LogP contribution in [0.25, 0.3) is 5.83 Å². The summed E-state index contributed by atoms with van der Waals surface area (Å²) in [6.45, 7) is 0. The second kappa shape index (κ2) is 3.91. The maximum Gasteiger partial charge on any atom is 0.306 e. The van der Waals surface area contributed by atoms with Crippen molar-refractivity contribution >= 4 is 21.8 Å². The van der Waals surface area contributed by atoms with Crippen molar-refractivity contribution in [3.05, 3.63) is 40.1 Å². The lowest BCUT2D eigenvalue weighted by atomic mass is 10.2. The van der Waals surface area contributed by atoms with Crippen LogP contribution in [0.5, 0.6) is 0 Å². The van der Waals surface area contributed by atoms with Crippen molar-refractivity contribution < 1.29 is 17.6 Å². The van der Waals surface area contributed by atoms with Crippen LogP contribution in [0.1, 0.15) is 5.56 Å². The Morgan fingerprint density at radius 1 is 1.15 bits per heavy atom. The van der Waals surface area contributed by atoms with Crippen molar-refractivity contribution in [3.63, 3.8) is 0 Å². The Hall–Kier alpha value is -0.840. The third kappa shape index (κ3) is 2.30. The van der Waals surface area contributed by atoms with Crippen LogP contribution in [-0.4, -0.2) is 0 Å². The van der Waals surface area contributed by atoms with Gasteiger partial charge in [0.05, 0.1) is 5.56 Å². The second-order valence-corrected chi connectivity index (χ2v) is 3.11. The molecule has 0 fully saturated rings. The Balaban J connectivity index is 3.25. The van der Waals surface area contributed by atoms with Gasteiger partial charge in [-0.2, -0.15) is 8.78 Å². The van der Waals surface area contributed by atoms with Gasteiger partial charge in [0, 0.05) is 4.47 Å². The molecular formula is C8H3BrF4. The smallest absolute Gasteiger partial charge is 0.206 e. The monoisotopic (exact) mass is 254 g/mol. The number of halogens is 5. The third-order valence-electron chi connectivity index (χ3n) is 1.33. The van der Waals surface area contributed by atoms with Gasteiger partial charge in [-0.3, -0.25) is 0 Å². The van der Waals surface area contributed by atoms with Crippen LogP contribution in [0.15, 0.2) is 28.8 Å². The minimum absolute atomic E-state index is 0.362. The Labute approximate surface area is 80.0 Å². The third-order valence-corrected chi connectivity index (χ3v) is 1.83. The van der Waals surface area contributed by atoms with E-state index in [-0.39, 0.29) is 0 Å². The van der Waals surface area contributed by atoms with Crippen molar-refractivity contribution in [1.82, 2.24) is 0 Å². The van der Waals surface area contributed by atoms with Gasteiger partial charge in [-0.05, 0) is 18.2 Å². The van der Waals surface area contributed by atoms with E-state index >= 15 is 0 Å². The maximum absolute atomic E-state index is 12.8. The average molecular weight is 255 g/mol. The molecule has 1 aromatic rings. The first-order chi connectivity index (χ1) is 6.02. The first-order valence-electron chi connectivity index (χ1n) is 3.18. The van der Waals surface area contributed by atoms with E-state index in [4.69, 9.17) is 0 Å². The molecule has 0 unspecified atom stereocenters. The van der Waals surface area contributed by atoms with Gasteiger partial charge >= 0.3 is 6.08 Å². The van der Waals surface area contributed by atoms with Crippen LogP contribution in [0.2, 0.25) is 0 Å². The number of benzene rings is 1. The highest BCUT2D eigenvalue weighted by molar-refractivity contribution is 9.10. The Morgan fingerprint density at radius 2 is 1.77 bits per heavy atom. The summed E-state index contributed by atoms with van der Waals surface area (Å²) in [4.78, 5) is 0. The highest BCUT2D eigenvalue weighted by Crippen LogP contribution is 2.26. The molecule has 1 aromatic carbocycles. The molecule has 0 aliphatic heterocycles. The molecule has 0 saturated heterocycles. The molecule has 0 radical (unpaired) electrons. The molecule has 0 amide bonds. The lowest BCUT2D eigenvalue weighted by Crippen LogP contribution is -1.86. The minimum Gasteiger partial charge on any atom is -0.206 e. The van der Waals surface area contributed by atoms with E-state index in [0.29, 0.717) is 4.47 Å². The Morgan fingerprint density at radius 3 is 2.23 bits per heavy atom. The summed E-state index contributed by atoms with van der Waals surface area (Å²) < 4.78 is 49.2. The first-order valence-corrected chi connectivity index (χ1v) is 3.98. The van der Waals surface area contributed by atoms with Crippen molar-refractivity contribution in [2.24, 2.45) is 0 Å². The Kier molecular flexibility index (Phi) is 3.08. The number of hydrogen-bond donors (Lipinski definition) is 0. The van der Waals surface area contributed by atoms with Crippen LogP contribution >= 0.6 is 15.9 Å². The van der Waals surface area contributed by atoms with Gasteiger partial charge < -0.3 is 0 Å². The molecule has 0 bridgehead atoms. The molecule has 1 rings (SSSR count). The van der Waals surface area contributed by atoms with Crippen molar-refractivity contribution in [2.75, 3.05) is 0 Å². The average Bonchev–Trinajstić information content (AvgIpc) is 2.03. The van der Waals surface area contributed by atoms with E-state index in [1.807, 2.05) is 0 Å². The van der Waals surface area contributed by atoms with E-state index in [1.165, 1.54) is 6.07 Å². The van der Waals surface area contributed by atoms with E-state index in [2.05, 4.69) is 15.9 Å². The number of rotatable bonds is 1. The molecular weight excluding hydrogens is 252 g/mol. The predicted octanol–water partition coefficient (Wildman–Crippen LogP) is 4.12. The SMILES string of the molecule is FC(F)=C(F)c1ccc(Br)cc1F. The zero-order valence-electron chi connectivity index (χ0n) is 6.12. The van der Waals surface area contributed by atoms with Crippen LogP contribution in [-0.2, 0) is 0 Å². The molecule has 0 nitrogen and oxygen atoms in total. The zero-order valence-corrected chi connectivity index (χ0v) is 7.71. The van der Waals surface area contributed by atoms with Gasteiger partial charge in [-0.25, -0.2) is 8.78 Å². The van der Waals surface area contributed by atoms with Gasteiger partial charge in [0.1, 0.15) is 5.82 Å². The molecule has 0 saturated carbocycles. The van der Waals surface area contributed by atoms with Crippen LogP contribution in [0.4, 0.5) is 17.6 Å². The van der Waals surface area contributed by atoms with Gasteiger partial charge in [0.15, 0.2) is 5.83 Å². The fourth-order valence-electron chi connectivity index (χ4n) is 0.769. The van der Waals surface area contributed by atoms with E-state index < -0.39 is 23.3 Å². The van der Waals surface area contributed by atoms with Crippen molar-refractivity contribution in [2.45, 2.75) is 0 Å². The molecule has 0 N–H and O–H groups in total. The summed E-state index contributed by atoms with van der Waals surface area (Å²) in [5, 5.41) is 0. The molecule has 0 spiro atoms. The molecule has 0 aliphatic rings. The fraction of sp³-hybridized carbons (Fsp3) is 0. The van der Waals surface area contributed by atoms with Crippen LogP contribution < -0.4 is 0 Å².